The molecule has 1 saturated heterocycles. The van der Waals surface area contributed by atoms with Crippen molar-refractivity contribution < 1.29 is 9.53 Å². The van der Waals surface area contributed by atoms with E-state index in [1.807, 2.05) is 27.7 Å². The molecule has 0 aromatic heterocycles. The van der Waals surface area contributed by atoms with E-state index in [1.165, 1.54) is 0 Å². The van der Waals surface area contributed by atoms with Gasteiger partial charge >= 0.3 is 0 Å². The molecule has 0 spiro atoms. The third-order valence-corrected chi connectivity index (χ3v) is 3.53. The highest BCUT2D eigenvalue weighted by Gasteiger charge is 2.43. The molecule has 14 heavy (non-hydrogen) atoms. The Morgan fingerprint density at radius 3 is 2.29 bits per heavy atom. The van der Waals surface area contributed by atoms with Crippen LogP contribution in [0.3, 0.4) is 0 Å². The molecule has 0 saturated carbocycles. The van der Waals surface area contributed by atoms with E-state index in [4.69, 9.17) is 10.5 Å². The molecule has 1 aliphatic rings. The molecule has 1 atom stereocenters. The summed E-state index contributed by atoms with van der Waals surface area (Å²) in [5.41, 5.74) is 5.06. The standard InChI is InChI=1S/C11H21NO2/c1-10(2,11(3,4)12)9(13)8-5-6-14-7-8/h8H,5-7,12H2,1-4H3. The summed E-state index contributed by atoms with van der Waals surface area (Å²) < 4.78 is 5.22. The van der Waals surface area contributed by atoms with Crippen LogP contribution >= 0.6 is 0 Å². The summed E-state index contributed by atoms with van der Waals surface area (Å²) in [5, 5.41) is 0. The van der Waals surface area contributed by atoms with E-state index in [0.717, 1.165) is 6.42 Å². The number of ketones is 1. The van der Waals surface area contributed by atoms with E-state index in [0.29, 0.717) is 13.2 Å². The summed E-state index contributed by atoms with van der Waals surface area (Å²) in [7, 11) is 0. The van der Waals surface area contributed by atoms with E-state index in [1.54, 1.807) is 0 Å². The van der Waals surface area contributed by atoms with Crippen LogP contribution in [0.5, 0.6) is 0 Å². The molecule has 2 N–H and O–H groups in total. The van der Waals surface area contributed by atoms with Crippen LogP contribution in [0, 0.1) is 11.3 Å². The summed E-state index contributed by atoms with van der Waals surface area (Å²) in [5.74, 6) is 0.287. The summed E-state index contributed by atoms with van der Waals surface area (Å²) >= 11 is 0. The van der Waals surface area contributed by atoms with E-state index < -0.39 is 11.0 Å². The zero-order valence-corrected chi connectivity index (χ0v) is 9.59. The number of nitrogens with two attached hydrogens (primary N) is 1. The number of hydrogen-bond acceptors (Lipinski definition) is 3. The Labute approximate surface area is 86.0 Å². The monoisotopic (exact) mass is 199 g/mol. The first-order valence-electron chi connectivity index (χ1n) is 5.18. The molecule has 0 aliphatic carbocycles. The maximum atomic E-state index is 12.2. The van der Waals surface area contributed by atoms with Gasteiger partial charge in [-0.2, -0.15) is 0 Å². The van der Waals surface area contributed by atoms with Crippen molar-refractivity contribution in [2.45, 2.75) is 39.7 Å². The lowest BCUT2D eigenvalue weighted by Crippen LogP contribution is -2.53. The predicted molar refractivity (Wildman–Crippen MR) is 56.0 cm³/mol. The fraction of sp³-hybridized carbons (Fsp3) is 0.909. The molecule has 1 heterocycles. The molecule has 1 unspecified atom stereocenters. The van der Waals surface area contributed by atoms with Gasteiger partial charge in [-0.15, -0.1) is 0 Å². The van der Waals surface area contributed by atoms with E-state index in [-0.39, 0.29) is 11.7 Å². The van der Waals surface area contributed by atoms with Gasteiger partial charge in [0.1, 0.15) is 5.78 Å². The second-order valence-corrected chi connectivity index (χ2v) is 5.27. The molecular formula is C11H21NO2. The molecule has 0 radical (unpaired) electrons. The highest BCUT2D eigenvalue weighted by Crippen LogP contribution is 2.34. The third-order valence-electron chi connectivity index (χ3n) is 3.53. The molecular weight excluding hydrogens is 178 g/mol. The van der Waals surface area contributed by atoms with E-state index in [2.05, 4.69) is 0 Å². The van der Waals surface area contributed by atoms with Crippen molar-refractivity contribution in [2.24, 2.45) is 17.1 Å². The normalized spacial score (nSPS) is 23.9. The molecule has 1 aliphatic heterocycles. The highest BCUT2D eigenvalue weighted by atomic mass is 16.5. The van der Waals surface area contributed by atoms with Gasteiger partial charge in [0.25, 0.3) is 0 Å². The molecule has 3 nitrogen and oxygen atoms in total. The number of carbonyl (C=O) groups excluding carboxylic acids is 1. The summed E-state index contributed by atoms with van der Waals surface area (Å²) in [6, 6.07) is 0. The summed E-state index contributed by atoms with van der Waals surface area (Å²) in [6.45, 7) is 8.93. The van der Waals surface area contributed by atoms with Crippen molar-refractivity contribution in [3.05, 3.63) is 0 Å². The fourth-order valence-electron chi connectivity index (χ4n) is 1.57. The van der Waals surface area contributed by atoms with Crippen molar-refractivity contribution in [1.29, 1.82) is 0 Å². The molecule has 0 aromatic rings. The Hall–Kier alpha value is -0.410. The SMILES string of the molecule is CC(C)(N)C(C)(C)C(=O)C1CCOC1. The Balaban J connectivity index is 2.76. The number of ether oxygens (including phenoxy) is 1. The Kier molecular flexibility index (Phi) is 3.02. The van der Waals surface area contributed by atoms with Gasteiger partial charge in [0.05, 0.1) is 6.61 Å². The number of Topliss-reactive ketones (excluding diaryl/α,β-unsaturated/α-hetero) is 1. The molecule has 0 bridgehead atoms. The fourth-order valence-corrected chi connectivity index (χ4v) is 1.57. The number of carbonyl (C=O) groups is 1. The lowest BCUT2D eigenvalue weighted by Gasteiger charge is -2.38. The van der Waals surface area contributed by atoms with Crippen molar-refractivity contribution >= 4 is 5.78 Å². The Morgan fingerprint density at radius 1 is 1.36 bits per heavy atom. The maximum absolute atomic E-state index is 12.2. The van der Waals surface area contributed by atoms with Gasteiger partial charge in [-0.1, -0.05) is 13.8 Å². The van der Waals surface area contributed by atoms with Crippen molar-refractivity contribution in [3.63, 3.8) is 0 Å². The lowest BCUT2D eigenvalue weighted by atomic mass is 9.68. The van der Waals surface area contributed by atoms with Crippen LogP contribution in [0.15, 0.2) is 0 Å². The lowest BCUT2D eigenvalue weighted by molar-refractivity contribution is -0.134. The quantitative estimate of drug-likeness (QED) is 0.746. The first-order valence-corrected chi connectivity index (χ1v) is 5.18. The first kappa shape index (κ1) is 11.7. The third kappa shape index (κ3) is 1.98. The minimum atomic E-state index is -0.481. The molecule has 1 fully saturated rings. The van der Waals surface area contributed by atoms with E-state index >= 15 is 0 Å². The number of hydrogen-bond donors (Lipinski definition) is 1. The predicted octanol–water partition coefficient (Wildman–Crippen LogP) is 1.36. The van der Waals surface area contributed by atoms with Gasteiger partial charge in [0, 0.05) is 23.5 Å². The van der Waals surface area contributed by atoms with Crippen LogP contribution in [-0.4, -0.2) is 24.5 Å². The Bertz CT molecular complexity index is 222. The maximum Gasteiger partial charge on any atom is 0.145 e. The van der Waals surface area contributed by atoms with Gasteiger partial charge in [0.2, 0.25) is 0 Å². The van der Waals surface area contributed by atoms with Crippen LogP contribution in [0.25, 0.3) is 0 Å². The van der Waals surface area contributed by atoms with Crippen LogP contribution in [0.1, 0.15) is 34.1 Å². The largest absolute Gasteiger partial charge is 0.381 e. The average Bonchev–Trinajstić information content (AvgIpc) is 2.52. The van der Waals surface area contributed by atoms with Gasteiger partial charge in [-0.3, -0.25) is 4.79 Å². The molecule has 1 rings (SSSR count). The first-order chi connectivity index (χ1) is 6.27. The molecule has 0 amide bonds. The summed E-state index contributed by atoms with van der Waals surface area (Å²) in [6.07, 6.45) is 0.846. The van der Waals surface area contributed by atoms with Crippen molar-refractivity contribution in [1.82, 2.24) is 0 Å². The van der Waals surface area contributed by atoms with Gasteiger partial charge in [-0.05, 0) is 20.3 Å². The topological polar surface area (TPSA) is 52.3 Å². The van der Waals surface area contributed by atoms with Crippen LogP contribution in [0.2, 0.25) is 0 Å². The molecule has 3 heteroatoms. The van der Waals surface area contributed by atoms with Crippen LogP contribution in [-0.2, 0) is 9.53 Å². The van der Waals surface area contributed by atoms with Gasteiger partial charge < -0.3 is 10.5 Å². The van der Waals surface area contributed by atoms with Crippen molar-refractivity contribution in [3.8, 4) is 0 Å². The zero-order valence-electron chi connectivity index (χ0n) is 9.59. The average molecular weight is 199 g/mol. The van der Waals surface area contributed by atoms with Crippen LogP contribution in [0.4, 0.5) is 0 Å². The Morgan fingerprint density at radius 2 is 1.93 bits per heavy atom. The minimum absolute atomic E-state index is 0.0489. The second kappa shape index (κ2) is 3.63. The summed E-state index contributed by atoms with van der Waals surface area (Å²) in [4.78, 5) is 12.2. The number of rotatable bonds is 3. The van der Waals surface area contributed by atoms with E-state index in [9.17, 15) is 4.79 Å². The van der Waals surface area contributed by atoms with Crippen molar-refractivity contribution in [2.75, 3.05) is 13.2 Å². The van der Waals surface area contributed by atoms with Crippen LogP contribution < -0.4 is 5.73 Å². The second-order valence-electron chi connectivity index (χ2n) is 5.27. The molecule has 82 valence electrons. The minimum Gasteiger partial charge on any atom is -0.381 e. The van der Waals surface area contributed by atoms with Gasteiger partial charge in [-0.25, -0.2) is 0 Å². The van der Waals surface area contributed by atoms with Gasteiger partial charge in [0.15, 0.2) is 0 Å². The zero-order chi connectivity index (χ0) is 11.0. The highest BCUT2D eigenvalue weighted by molar-refractivity contribution is 5.88. The molecule has 0 aromatic carbocycles. The smallest absolute Gasteiger partial charge is 0.145 e.